The van der Waals surface area contributed by atoms with Crippen LogP contribution in [0.5, 0.6) is 0 Å². The second-order valence-electron chi connectivity index (χ2n) is 19.3. The lowest BCUT2D eigenvalue weighted by Gasteiger charge is -2.61. The molecule has 6 aliphatic rings. The molecule has 1 heteroatoms. The van der Waals surface area contributed by atoms with Crippen LogP contribution in [-0.2, 0) is 10.8 Å². The third-order valence-corrected chi connectivity index (χ3v) is 16.0. The van der Waals surface area contributed by atoms with Crippen LogP contribution in [0, 0.1) is 23.7 Å². The molecule has 4 fully saturated rings. The largest absolute Gasteiger partial charge is 0.310 e. The van der Waals surface area contributed by atoms with Gasteiger partial charge in [-0.15, -0.1) is 0 Å². The van der Waals surface area contributed by atoms with Crippen molar-refractivity contribution in [3.63, 3.8) is 0 Å². The molecule has 290 valence electrons. The molecule has 0 unspecified atom stereocenters. The van der Waals surface area contributed by atoms with E-state index in [0.717, 1.165) is 11.8 Å². The van der Waals surface area contributed by atoms with Crippen molar-refractivity contribution in [2.24, 2.45) is 23.7 Å². The van der Waals surface area contributed by atoms with Crippen molar-refractivity contribution in [2.75, 3.05) is 4.90 Å². The summed E-state index contributed by atoms with van der Waals surface area (Å²) in [7, 11) is 0. The van der Waals surface area contributed by atoms with Gasteiger partial charge in [0.25, 0.3) is 0 Å². The van der Waals surface area contributed by atoms with E-state index in [0.29, 0.717) is 11.8 Å². The maximum atomic E-state index is 2.59. The molecule has 6 aliphatic carbocycles. The molecule has 60 heavy (non-hydrogen) atoms. The molecule has 0 N–H and O–H groups in total. The molecule has 0 saturated heterocycles. The summed E-state index contributed by atoms with van der Waals surface area (Å²) in [5, 5.41) is 2.53. The molecule has 0 radical (unpaired) electrons. The molecule has 0 atom stereocenters. The van der Waals surface area contributed by atoms with Crippen LogP contribution in [0.4, 0.5) is 17.1 Å². The van der Waals surface area contributed by atoms with Crippen molar-refractivity contribution < 1.29 is 0 Å². The highest BCUT2D eigenvalue weighted by Gasteiger charge is 2.61. The molecule has 0 aliphatic heterocycles. The summed E-state index contributed by atoms with van der Waals surface area (Å²) in [4.78, 5) is 2.58. The zero-order valence-electron chi connectivity index (χ0n) is 34.5. The monoisotopic (exact) mass is 771 g/mol. The van der Waals surface area contributed by atoms with E-state index in [9.17, 15) is 0 Å². The minimum Gasteiger partial charge on any atom is -0.310 e. The fourth-order valence-electron chi connectivity index (χ4n) is 13.8. The van der Waals surface area contributed by atoms with Crippen LogP contribution in [0.15, 0.2) is 176 Å². The van der Waals surface area contributed by atoms with Crippen molar-refractivity contribution in [3.05, 3.63) is 198 Å². The molecule has 8 aromatic rings. The lowest BCUT2D eigenvalue weighted by molar-refractivity contribution is -0.0399. The topological polar surface area (TPSA) is 3.24 Å². The Labute approximate surface area is 354 Å². The van der Waals surface area contributed by atoms with Crippen LogP contribution in [0.3, 0.4) is 0 Å². The first kappa shape index (κ1) is 34.7. The Morgan fingerprint density at radius 1 is 0.383 bits per heavy atom. The lowest BCUT2D eigenvalue weighted by Crippen LogP contribution is -2.55. The van der Waals surface area contributed by atoms with Gasteiger partial charge < -0.3 is 4.90 Å². The van der Waals surface area contributed by atoms with Crippen LogP contribution in [0.2, 0.25) is 0 Å². The fraction of sp³-hybridized carbons (Fsp3) is 0.220. The van der Waals surface area contributed by atoms with E-state index in [1.54, 1.807) is 11.1 Å². The highest BCUT2D eigenvalue weighted by Crippen LogP contribution is 2.70. The van der Waals surface area contributed by atoms with Gasteiger partial charge in [0.1, 0.15) is 0 Å². The van der Waals surface area contributed by atoms with E-state index in [1.165, 1.54) is 116 Å². The van der Waals surface area contributed by atoms with Crippen molar-refractivity contribution in [1.29, 1.82) is 0 Å². The SMILES string of the molecule is CC1(C)c2ccccc2-c2ccc(N(c3ccc4c(c3)-c3cc(-c5ccccc5)ccc3C43C4CC5CC(C4)CC3C5)c3ccc(-c4ccccc4)c4ccccc34)cc21. The van der Waals surface area contributed by atoms with E-state index in [1.807, 2.05) is 0 Å². The maximum Gasteiger partial charge on any atom is 0.0540 e. The third kappa shape index (κ3) is 4.75. The van der Waals surface area contributed by atoms with Crippen LogP contribution < -0.4 is 4.90 Å². The van der Waals surface area contributed by atoms with Gasteiger partial charge in [-0.05, 0) is 164 Å². The van der Waals surface area contributed by atoms with E-state index in [-0.39, 0.29) is 10.8 Å². The van der Waals surface area contributed by atoms with Gasteiger partial charge in [-0.1, -0.05) is 153 Å². The second kappa shape index (κ2) is 12.7. The molecule has 8 aromatic carbocycles. The van der Waals surface area contributed by atoms with Gasteiger partial charge in [-0.2, -0.15) is 0 Å². The maximum absolute atomic E-state index is 2.59. The standard InChI is InChI=1S/C59H49N/c1-58(2)53-20-12-11-18-48(53)49-24-22-45(36-56(49)58)60(57-28-25-46(40-15-7-4-8-16-40)47-17-9-10-19-50(47)57)44-23-27-55-52(35-44)51-34-41(39-13-5-3-6-14-39)21-26-54(51)59(55)42-30-37-29-38(32-42)33-43(59)31-37/h3-28,34-38,42-43H,29-33H2,1-2H3. The summed E-state index contributed by atoms with van der Waals surface area (Å²) in [6.45, 7) is 4.80. The van der Waals surface area contributed by atoms with Gasteiger partial charge >= 0.3 is 0 Å². The van der Waals surface area contributed by atoms with Gasteiger partial charge in [0, 0.05) is 27.6 Å². The lowest BCUT2D eigenvalue weighted by atomic mass is 9.43. The van der Waals surface area contributed by atoms with Crippen LogP contribution in [-0.4, -0.2) is 0 Å². The van der Waals surface area contributed by atoms with Gasteiger partial charge in [-0.3, -0.25) is 0 Å². The molecule has 1 nitrogen and oxygen atoms in total. The Morgan fingerprint density at radius 3 is 1.70 bits per heavy atom. The Hall–Kier alpha value is -6.18. The van der Waals surface area contributed by atoms with E-state index >= 15 is 0 Å². The second-order valence-corrected chi connectivity index (χ2v) is 19.3. The fourth-order valence-corrected chi connectivity index (χ4v) is 13.8. The minimum absolute atomic E-state index is 0.101. The molecular formula is C59H49N. The zero-order chi connectivity index (χ0) is 39.7. The average molecular weight is 772 g/mol. The highest BCUT2D eigenvalue weighted by molar-refractivity contribution is 6.06. The van der Waals surface area contributed by atoms with Gasteiger partial charge in [0.05, 0.1) is 5.69 Å². The number of rotatable bonds is 5. The predicted molar refractivity (Wildman–Crippen MR) is 250 cm³/mol. The summed E-state index contributed by atoms with van der Waals surface area (Å²) in [5.74, 6) is 3.25. The molecule has 4 bridgehead atoms. The zero-order valence-corrected chi connectivity index (χ0v) is 34.5. The Kier molecular flexibility index (Phi) is 7.32. The van der Waals surface area contributed by atoms with Crippen molar-refractivity contribution in [3.8, 4) is 44.5 Å². The van der Waals surface area contributed by atoms with Crippen LogP contribution in [0.25, 0.3) is 55.3 Å². The first-order valence-corrected chi connectivity index (χ1v) is 22.4. The van der Waals surface area contributed by atoms with Crippen molar-refractivity contribution in [1.82, 2.24) is 0 Å². The quantitative estimate of drug-likeness (QED) is 0.168. The molecule has 0 amide bonds. The van der Waals surface area contributed by atoms with Gasteiger partial charge in [0.2, 0.25) is 0 Å². The summed E-state index contributed by atoms with van der Waals surface area (Å²) >= 11 is 0. The third-order valence-electron chi connectivity index (χ3n) is 16.0. The average Bonchev–Trinajstić information content (AvgIpc) is 3.70. The molecule has 0 heterocycles. The van der Waals surface area contributed by atoms with Crippen LogP contribution >= 0.6 is 0 Å². The number of hydrogen-bond acceptors (Lipinski definition) is 1. The van der Waals surface area contributed by atoms with Crippen molar-refractivity contribution in [2.45, 2.75) is 56.8 Å². The summed E-state index contributed by atoms with van der Waals surface area (Å²) in [6.07, 6.45) is 6.99. The normalized spacial score (nSPS) is 23.4. The summed E-state index contributed by atoms with van der Waals surface area (Å²) < 4.78 is 0. The number of anilines is 3. The van der Waals surface area contributed by atoms with Crippen molar-refractivity contribution >= 4 is 27.8 Å². The molecule has 1 spiro atoms. The molecule has 14 rings (SSSR count). The highest BCUT2D eigenvalue weighted by atomic mass is 15.1. The Balaban J connectivity index is 1.05. The number of hydrogen-bond donors (Lipinski definition) is 0. The van der Waals surface area contributed by atoms with E-state index in [2.05, 4.69) is 195 Å². The number of fused-ring (bicyclic) bond motifs is 7. The number of nitrogens with zero attached hydrogens (tertiary/aromatic N) is 1. The predicted octanol–water partition coefficient (Wildman–Crippen LogP) is 15.7. The Morgan fingerprint density at radius 2 is 0.950 bits per heavy atom. The Bertz CT molecular complexity index is 3000. The van der Waals surface area contributed by atoms with Gasteiger partial charge in [0.15, 0.2) is 0 Å². The molecular weight excluding hydrogens is 723 g/mol. The number of benzene rings is 8. The summed E-state index contributed by atoms with van der Waals surface area (Å²) in [5.41, 5.74) is 20.3. The molecule has 0 aromatic heterocycles. The molecule has 4 saturated carbocycles. The first-order chi connectivity index (χ1) is 29.5. The summed E-state index contributed by atoms with van der Waals surface area (Å²) in [6, 6.07) is 67.2. The minimum atomic E-state index is -0.108. The van der Waals surface area contributed by atoms with E-state index < -0.39 is 0 Å². The van der Waals surface area contributed by atoms with E-state index in [4.69, 9.17) is 0 Å². The smallest absolute Gasteiger partial charge is 0.0540 e. The van der Waals surface area contributed by atoms with Crippen LogP contribution in [0.1, 0.15) is 68.2 Å². The first-order valence-electron chi connectivity index (χ1n) is 22.4. The van der Waals surface area contributed by atoms with Gasteiger partial charge in [-0.25, -0.2) is 0 Å².